The van der Waals surface area contributed by atoms with Gasteiger partial charge in [0.25, 0.3) is 5.91 Å². The van der Waals surface area contributed by atoms with E-state index in [-0.39, 0.29) is 12.3 Å². The number of sulfonamides is 1. The number of para-hydroxylation sites is 1. The van der Waals surface area contributed by atoms with Crippen LogP contribution in [0.4, 0.5) is 10.1 Å². The first-order chi connectivity index (χ1) is 14.4. The molecule has 30 heavy (non-hydrogen) atoms. The molecule has 0 radical (unpaired) electrons. The molecule has 0 saturated carbocycles. The number of rotatable bonds is 9. The van der Waals surface area contributed by atoms with E-state index >= 15 is 0 Å². The molecule has 162 valence electrons. The third-order valence-electron chi connectivity index (χ3n) is 5.14. The highest BCUT2D eigenvalue weighted by atomic mass is 32.2. The fraction of sp³-hybridized carbons (Fsp3) is 0.381. The number of nitrogen functional groups attached to an aromatic ring is 1. The lowest BCUT2D eigenvalue weighted by Gasteiger charge is -2.25. The van der Waals surface area contributed by atoms with Gasteiger partial charge in [0.1, 0.15) is 6.17 Å². The summed E-state index contributed by atoms with van der Waals surface area (Å²) < 4.78 is 41.0. The largest absolute Gasteiger partial charge is 0.300 e. The Morgan fingerprint density at radius 3 is 2.47 bits per heavy atom. The molecule has 0 aliphatic carbocycles. The molecule has 3 N–H and O–H groups in total. The van der Waals surface area contributed by atoms with E-state index in [9.17, 15) is 17.6 Å². The second-order valence-electron chi connectivity index (χ2n) is 7.37. The summed E-state index contributed by atoms with van der Waals surface area (Å²) in [5.74, 6) is 4.71. The number of alkyl halides is 1. The summed E-state index contributed by atoms with van der Waals surface area (Å²) in [6.45, 7) is 1.76. The number of amides is 1. The maximum absolute atomic E-state index is 13.3. The Balaban J connectivity index is 1.72. The van der Waals surface area contributed by atoms with Crippen LogP contribution in [0, 0.1) is 0 Å². The number of likely N-dealkylation sites (tertiary alicyclic amines) is 1. The summed E-state index contributed by atoms with van der Waals surface area (Å²) in [6, 6.07) is 15.5. The van der Waals surface area contributed by atoms with E-state index in [2.05, 4.69) is 5.43 Å². The van der Waals surface area contributed by atoms with Crippen molar-refractivity contribution in [1.82, 2.24) is 10.3 Å². The van der Waals surface area contributed by atoms with E-state index < -0.39 is 22.1 Å². The quantitative estimate of drug-likeness (QED) is 0.358. The number of halogens is 1. The van der Waals surface area contributed by atoms with E-state index in [0.29, 0.717) is 43.7 Å². The first kappa shape index (κ1) is 22.2. The van der Waals surface area contributed by atoms with Gasteiger partial charge in [-0.05, 0) is 49.2 Å². The first-order valence-electron chi connectivity index (χ1n) is 9.91. The summed E-state index contributed by atoms with van der Waals surface area (Å²) in [6.07, 6.45) is 0.140. The van der Waals surface area contributed by atoms with Crippen LogP contribution in [0.25, 0.3) is 0 Å². The highest BCUT2D eigenvalue weighted by Gasteiger charge is 2.25. The van der Waals surface area contributed by atoms with Gasteiger partial charge >= 0.3 is 0 Å². The normalized spacial score (nSPS) is 17.1. The van der Waals surface area contributed by atoms with Gasteiger partial charge in [-0.2, -0.15) is 0 Å². The second kappa shape index (κ2) is 10.0. The van der Waals surface area contributed by atoms with Crippen LogP contribution in [0.15, 0.2) is 54.6 Å². The van der Waals surface area contributed by atoms with Crippen molar-refractivity contribution in [1.29, 1.82) is 0 Å². The number of nitrogens with two attached hydrogens (primary N) is 1. The summed E-state index contributed by atoms with van der Waals surface area (Å²) in [5, 5.41) is 0. The number of anilines is 1. The lowest BCUT2D eigenvalue weighted by atomic mass is 10.1. The standard InChI is InChI=1S/C21H27FN4O3S/c22-19-11-13-25(16-19)12-4-14-30(28,29)26(20-5-2-1-3-6-20)15-17-7-9-18(10-8-17)21(27)24-23/h1-3,5-10,19H,4,11-16,23H2,(H,24,27)/t19-/m0/s1. The molecule has 1 saturated heterocycles. The topological polar surface area (TPSA) is 95.7 Å². The zero-order chi connectivity index (χ0) is 21.6. The predicted molar refractivity (Wildman–Crippen MR) is 115 cm³/mol. The van der Waals surface area contributed by atoms with Crippen LogP contribution >= 0.6 is 0 Å². The van der Waals surface area contributed by atoms with Crippen molar-refractivity contribution in [2.75, 3.05) is 29.7 Å². The van der Waals surface area contributed by atoms with Crippen LogP contribution in [0.2, 0.25) is 0 Å². The highest BCUT2D eigenvalue weighted by Crippen LogP contribution is 2.22. The molecule has 1 aliphatic heterocycles. The zero-order valence-corrected chi connectivity index (χ0v) is 17.5. The number of hydrogen-bond donors (Lipinski definition) is 2. The zero-order valence-electron chi connectivity index (χ0n) is 16.7. The summed E-state index contributed by atoms with van der Waals surface area (Å²) in [7, 11) is -3.60. The van der Waals surface area contributed by atoms with Gasteiger partial charge in [-0.25, -0.2) is 18.7 Å². The minimum atomic E-state index is -3.60. The van der Waals surface area contributed by atoms with Gasteiger partial charge in [0.2, 0.25) is 10.0 Å². The Kier molecular flexibility index (Phi) is 7.41. The minimum absolute atomic E-state index is 0.0248. The lowest BCUT2D eigenvalue weighted by molar-refractivity contribution is 0.0953. The van der Waals surface area contributed by atoms with Crippen molar-refractivity contribution in [3.63, 3.8) is 0 Å². The van der Waals surface area contributed by atoms with Crippen molar-refractivity contribution in [3.05, 3.63) is 65.7 Å². The average Bonchev–Trinajstić information content (AvgIpc) is 3.17. The Morgan fingerprint density at radius 1 is 1.17 bits per heavy atom. The third-order valence-corrected chi connectivity index (χ3v) is 6.96. The van der Waals surface area contributed by atoms with Crippen LogP contribution in [-0.2, 0) is 16.6 Å². The molecule has 2 aromatic carbocycles. The van der Waals surface area contributed by atoms with Gasteiger partial charge < -0.3 is 4.90 Å². The number of hydrogen-bond acceptors (Lipinski definition) is 5. The van der Waals surface area contributed by atoms with Crippen LogP contribution in [0.1, 0.15) is 28.8 Å². The molecular formula is C21H27FN4O3S. The molecule has 1 amide bonds. The summed E-state index contributed by atoms with van der Waals surface area (Å²) in [5.41, 5.74) is 3.78. The van der Waals surface area contributed by atoms with E-state index in [4.69, 9.17) is 5.84 Å². The fourth-order valence-electron chi connectivity index (χ4n) is 3.52. The van der Waals surface area contributed by atoms with Crippen LogP contribution in [0.3, 0.4) is 0 Å². The fourth-order valence-corrected chi connectivity index (χ4v) is 5.03. The Hall–Kier alpha value is -2.49. The van der Waals surface area contributed by atoms with Gasteiger partial charge in [0.05, 0.1) is 18.0 Å². The van der Waals surface area contributed by atoms with Crippen molar-refractivity contribution in [2.24, 2.45) is 5.84 Å². The molecule has 1 fully saturated rings. The number of carbonyl (C=O) groups excluding carboxylic acids is 1. The molecule has 0 bridgehead atoms. The van der Waals surface area contributed by atoms with Crippen LogP contribution in [0.5, 0.6) is 0 Å². The molecule has 1 aliphatic rings. The van der Waals surface area contributed by atoms with Gasteiger partial charge in [-0.1, -0.05) is 30.3 Å². The Morgan fingerprint density at radius 2 is 1.87 bits per heavy atom. The molecular weight excluding hydrogens is 407 g/mol. The predicted octanol–water partition coefficient (Wildman–Crippen LogP) is 2.06. The Bertz CT molecular complexity index is 938. The van der Waals surface area contributed by atoms with E-state index in [1.54, 1.807) is 48.5 Å². The number of benzene rings is 2. The smallest absolute Gasteiger partial charge is 0.265 e. The molecule has 0 spiro atoms. The third kappa shape index (κ3) is 5.78. The van der Waals surface area contributed by atoms with Gasteiger partial charge in [-0.3, -0.25) is 14.5 Å². The van der Waals surface area contributed by atoms with E-state index in [1.807, 2.05) is 11.0 Å². The molecule has 1 heterocycles. The molecule has 3 rings (SSSR count). The van der Waals surface area contributed by atoms with E-state index in [0.717, 1.165) is 5.56 Å². The molecule has 0 unspecified atom stereocenters. The molecule has 9 heteroatoms. The van der Waals surface area contributed by atoms with Crippen LogP contribution in [-0.4, -0.2) is 50.8 Å². The number of nitrogens with one attached hydrogen (secondary N) is 1. The summed E-state index contributed by atoms with van der Waals surface area (Å²) >= 11 is 0. The first-order valence-corrected chi connectivity index (χ1v) is 11.5. The maximum atomic E-state index is 13.3. The average molecular weight is 435 g/mol. The molecule has 1 atom stereocenters. The minimum Gasteiger partial charge on any atom is -0.300 e. The van der Waals surface area contributed by atoms with Crippen molar-refractivity contribution < 1.29 is 17.6 Å². The molecule has 0 aromatic heterocycles. The Labute approximate surface area is 176 Å². The van der Waals surface area contributed by atoms with E-state index in [1.165, 1.54) is 4.31 Å². The van der Waals surface area contributed by atoms with Crippen LogP contribution < -0.4 is 15.6 Å². The van der Waals surface area contributed by atoms with Crippen molar-refractivity contribution in [3.8, 4) is 0 Å². The maximum Gasteiger partial charge on any atom is 0.265 e. The van der Waals surface area contributed by atoms with Gasteiger partial charge in [-0.15, -0.1) is 0 Å². The number of nitrogens with zero attached hydrogens (tertiary/aromatic N) is 2. The van der Waals surface area contributed by atoms with Gasteiger partial charge in [0, 0.05) is 18.7 Å². The van der Waals surface area contributed by atoms with Crippen molar-refractivity contribution >= 4 is 21.6 Å². The number of carbonyl (C=O) groups is 1. The van der Waals surface area contributed by atoms with Gasteiger partial charge in [0.15, 0.2) is 0 Å². The monoisotopic (exact) mass is 434 g/mol. The SMILES string of the molecule is NNC(=O)c1ccc(CN(c2ccccc2)S(=O)(=O)CCCN2CC[C@H](F)C2)cc1. The lowest BCUT2D eigenvalue weighted by Crippen LogP contribution is -2.34. The second-order valence-corrected chi connectivity index (χ2v) is 9.38. The highest BCUT2D eigenvalue weighted by molar-refractivity contribution is 7.92. The molecule has 2 aromatic rings. The summed E-state index contributed by atoms with van der Waals surface area (Å²) in [4.78, 5) is 13.6. The van der Waals surface area contributed by atoms with Crippen molar-refractivity contribution in [2.45, 2.75) is 25.6 Å². The molecule has 7 nitrogen and oxygen atoms in total. The number of hydrazine groups is 1.